The number of nitrogens with one attached hydrogen (secondary N) is 1. The van der Waals surface area contributed by atoms with Gasteiger partial charge in [-0.1, -0.05) is 54.4 Å². The van der Waals surface area contributed by atoms with Gasteiger partial charge in [0.15, 0.2) is 0 Å². The normalized spacial score (nSPS) is 11.9. The lowest BCUT2D eigenvalue weighted by Gasteiger charge is -2.14. The molecule has 0 fully saturated rings. The van der Waals surface area contributed by atoms with Gasteiger partial charge in [0.2, 0.25) is 5.69 Å². The molecule has 3 rings (SSSR count). The number of aryl methyl sites for hydroxylation is 1. The average molecular weight is 427 g/mol. The van der Waals surface area contributed by atoms with Crippen LogP contribution in [0.4, 0.5) is 0 Å². The first-order chi connectivity index (χ1) is 14.3. The van der Waals surface area contributed by atoms with Gasteiger partial charge in [-0.2, -0.15) is 9.78 Å². The monoisotopic (exact) mass is 426 g/mol. The summed E-state index contributed by atoms with van der Waals surface area (Å²) in [5.74, 6) is -0.622. The van der Waals surface area contributed by atoms with Crippen LogP contribution in [0.15, 0.2) is 58.1 Å². The van der Waals surface area contributed by atoms with Crippen LogP contribution < -0.4 is 16.6 Å². The van der Waals surface area contributed by atoms with Gasteiger partial charge in [-0.15, -0.1) is 0 Å². The highest BCUT2D eigenvalue weighted by Gasteiger charge is 2.21. The molecule has 8 heteroatoms. The van der Waals surface area contributed by atoms with E-state index in [2.05, 4.69) is 10.4 Å². The highest BCUT2D eigenvalue weighted by atomic mass is 35.5. The van der Waals surface area contributed by atoms with Crippen molar-refractivity contribution in [3.8, 4) is 5.69 Å². The van der Waals surface area contributed by atoms with Crippen LogP contribution in [0.1, 0.15) is 41.9 Å². The fraction of sp³-hybridized carbons (Fsp3) is 0.273. The lowest BCUT2D eigenvalue weighted by molar-refractivity contribution is 0.0929. The molecular weight excluding hydrogens is 404 g/mol. The second kappa shape index (κ2) is 9.09. The van der Waals surface area contributed by atoms with Crippen molar-refractivity contribution in [2.75, 3.05) is 0 Å². The van der Waals surface area contributed by atoms with Crippen LogP contribution in [0.3, 0.4) is 0 Å². The summed E-state index contributed by atoms with van der Waals surface area (Å²) >= 11 is 6.06. The zero-order valence-corrected chi connectivity index (χ0v) is 17.8. The minimum Gasteiger partial charge on any atom is -0.348 e. The summed E-state index contributed by atoms with van der Waals surface area (Å²) in [7, 11) is 0. The number of aromatic nitrogens is 3. The number of nitrogens with zero attached hydrogens (tertiary/aromatic N) is 3. The third-order valence-corrected chi connectivity index (χ3v) is 5.01. The zero-order valence-electron chi connectivity index (χ0n) is 17.1. The number of benzene rings is 2. The van der Waals surface area contributed by atoms with Crippen molar-refractivity contribution in [2.24, 2.45) is 0 Å². The van der Waals surface area contributed by atoms with Crippen LogP contribution in [0.25, 0.3) is 5.69 Å². The number of halogens is 1. The summed E-state index contributed by atoms with van der Waals surface area (Å²) in [5.41, 5.74) is 0.454. The van der Waals surface area contributed by atoms with E-state index >= 15 is 0 Å². The molecule has 0 aliphatic rings. The molecule has 2 aromatic carbocycles. The van der Waals surface area contributed by atoms with Gasteiger partial charge in [0.1, 0.15) is 0 Å². The summed E-state index contributed by atoms with van der Waals surface area (Å²) in [4.78, 5) is 38.9. The van der Waals surface area contributed by atoms with E-state index in [9.17, 15) is 14.4 Å². The first-order valence-corrected chi connectivity index (χ1v) is 10.0. The second-order valence-electron chi connectivity index (χ2n) is 7.18. The van der Waals surface area contributed by atoms with E-state index in [1.165, 1.54) is 0 Å². The summed E-state index contributed by atoms with van der Waals surface area (Å²) in [5, 5.41) is 7.23. The number of carbonyl (C=O) groups is 1. The van der Waals surface area contributed by atoms with Gasteiger partial charge in [0, 0.05) is 11.1 Å². The Balaban J connectivity index is 2.18. The van der Waals surface area contributed by atoms with Crippen molar-refractivity contribution < 1.29 is 4.79 Å². The summed E-state index contributed by atoms with van der Waals surface area (Å²) in [6, 6.07) is 13.8. The maximum Gasteiger partial charge on any atom is 0.352 e. The van der Waals surface area contributed by atoms with Crippen molar-refractivity contribution in [1.29, 1.82) is 0 Å². The number of rotatable bonds is 6. The topological polar surface area (TPSA) is 86.0 Å². The van der Waals surface area contributed by atoms with E-state index in [0.29, 0.717) is 17.1 Å². The molecule has 1 amide bonds. The number of amides is 1. The standard InChI is InChI=1S/C22H23ClN4O3/c1-4-15(3)24-20(28)19-21(29)26(13-16-10-8-14(2)9-11-16)22(30)27(25-19)18-7-5-6-17(23)12-18/h5-12,15H,4,13H2,1-3H3,(H,24,28)/t15-/m0/s1. The predicted molar refractivity (Wildman–Crippen MR) is 117 cm³/mol. The minimum absolute atomic E-state index is 0.0185. The van der Waals surface area contributed by atoms with Crippen LogP contribution in [0, 0.1) is 6.92 Å². The largest absolute Gasteiger partial charge is 0.352 e. The molecular formula is C22H23ClN4O3. The van der Waals surface area contributed by atoms with Crippen LogP contribution >= 0.6 is 11.6 Å². The molecule has 0 unspecified atom stereocenters. The summed E-state index contributed by atoms with van der Waals surface area (Å²) < 4.78 is 2.05. The SMILES string of the molecule is CC[C@H](C)NC(=O)c1nn(-c2cccc(Cl)c2)c(=O)n(Cc2ccc(C)cc2)c1=O. The van der Waals surface area contributed by atoms with Crippen LogP contribution in [-0.2, 0) is 6.54 Å². The Morgan fingerprint density at radius 3 is 2.50 bits per heavy atom. The molecule has 1 aromatic heterocycles. The molecule has 156 valence electrons. The van der Waals surface area contributed by atoms with Crippen molar-refractivity contribution in [1.82, 2.24) is 19.7 Å². The smallest absolute Gasteiger partial charge is 0.348 e. The highest BCUT2D eigenvalue weighted by molar-refractivity contribution is 6.30. The van der Waals surface area contributed by atoms with Gasteiger partial charge in [0.05, 0.1) is 12.2 Å². The van der Waals surface area contributed by atoms with Gasteiger partial charge in [0.25, 0.3) is 11.5 Å². The first kappa shape index (κ1) is 21.5. The van der Waals surface area contributed by atoms with Gasteiger partial charge >= 0.3 is 5.69 Å². The Labute approximate surface area is 178 Å². The first-order valence-electron chi connectivity index (χ1n) is 9.66. The lowest BCUT2D eigenvalue weighted by atomic mass is 10.1. The quantitative estimate of drug-likeness (QED) is 0.656. The molecule has 3 aromatic rings. The van der Waals surface area contributed by atoms with Crippen molar-refractivity contribution >= 4 is 17.5 Å². The van der Waals surface area contributed by atoms with Gasteiger partial charge in [-0.05, 0) is 44.0 Å². The van der Waals surface area contributed by atoms with Gasteiger partial charge in [-0.3, -0.25) is 14.2 Å². The molecule has 0 aliphatic heterocycles. The van der Waals surface area contributed by atoms with Crippen molar-refractivity contribution in [2.45, 2.75) is 39.8 Å². The third-order valence-electron chi connectivity index (χ3n) is 4.78. The van der Waals surface area contributed by atoms with Crippen LogP contribution in [-0.4, -0.2) is 26.3 Å². The Hall–Kier alpha value is -3.19. The summed E-state index contributed by atoms with van der Waals surface area (Å²) in [6.07, 6.45) is 0.692. The predicted octanol–water partition coefficient (Wildman–Crippen LogP) is 2.93. The fourth-order valence-electron chi connectivity index (χ4n) is 2.84. The molecule has 1 N–H and O–H groups in total. The van der Waals surface area contributed by atoms with E-state index in [1.807, 2.05) is 45.0 Å². The Morgan fingerprint density at radius 1 is 1.17 bits per heavy atom. The number of hydrogen-bond donors (Lipinski definition) is 1. The van der Waals surface area contributed by atoms with E-state index in [1.54, 1.807) is 24.3 Å². The molecule has 0 spiro atoms. The average Bonchev–Trinajstić information content (AvgIpc) is 2.72. The maximum atomic E-state index is 13.1. The Bertz CT molecular complexity index is 1180. The lowest BCUT2D eigenvalue weighted by Crippen LogP contribution is -2.47. The van der Waals surface area contributed by atoms with Gasteiger partial charge in [-0.25, -0.2) is 4.79 Å². The second-order valence-corrected chi connectivity index (χ2v) is 7.62. The molecule has 0 aliphatic carbocycles. The highest BCUT2D eigenvalue weighted by Crippen LogP contribution is 2.12. The molecule has 0 radical (unpaired) electrons. The Morgan fingerprint density at radius 2 is 1.87 bits per heavy atom. The molecule has 0 saturated heterocycles. The summed E-state index contributed by atoms with van der Waals surface area (Å²) in [6.45, 7) is 5.72. The van der Waals surface area contributed by atoms with E-state index < -0.39 is 17.2 Å². The molecule has 0 saturated carbocycles. The van der Waals surface area contributed by atoms with Crippen LogP contribution in [0.2, 0.25) is 5.02 Å². The van der Waals surface area contributed by atoms with Crippen molar-refractivity contribution in [3.63, 3.8) is 0 Å². The molecule has 7 nitrogen and oxygen atoms in total. The van der Waals surface area contributed by atoms with Crippen molar-refractivity contribution in [3.05, 3.63) is 91.2 Å². The van der Waals surface area contributed by atoms with E-state index in [4.69, 9.17) is 11.6 Å². The van der Waals surface area contributed by atoms with E-state index in [0.717, 1.165) is 20.4 Å². The number of carbonyl (C=O) groups excluding carboxylic acids is 1. The van der Waals surface area contributed by atoms with Gasteiger partial charge < -0.3 is 5.32 Å². The third kappa shape index (κ3) is 4.68. The van der Waals surface area contributed by atoms with Crippen LogP contribution in [0.5, 0.6) is 0 Å². The fourth-order valence-corrected chi connectivity index (χ4v) is 3.03. The minimum atomic E-state index is -0.736. The molecule has 1 atom stereocenters. The maximum absolute atomic E-state index is 13.1. The molecule has 30 heavy (non-hydrogen) atoms. The Kier molecular flexibility index (Phi) is 6.52. The van der Waals surface area contributed by atoms with E-state index in [-0.39, 0.29) is 18.3 Å². The molecule has 0 bridgehead atoms. The number of hydrogen-bond acceptors (Lipinski definition) is 4. The molecule has 1 heterocycles. The zero-order chi connectivity index (χ0) is 21.8.